The van der Waals surface area contributed by atoms with Crippen LogP contribution in [0.2, 0.25) is 0 Å². The molecule has 4 rings (SSSR count). The molecule has 0 saturated carbocycles. The lowest BCUT2D eigenvalue weighted by molar-refractivity contribution is 0.101. The van der Waals surface area contributed by atoms with Gasteiger partial charge in [-0.3, -0.25) is 4.79 Å². The van der Waals surface area contributed by atoms with Gasteiger partial charge in [-0.1, -0.05) is 12.1 Å². The van der Waals surface area contributed by atoms with Crippen molar-refractivity contribution >= 4 is 23.2 Å². The Hall–Kier alpha value is -3.05. The highest BCUT2D eigenvalue weighted by atomic mass is 32.1. The van der Waals surface area contributed by atoms with Gasteiger partial charge in [0.15, 0.2) is 5.76 Å². The monoisotopic (exact) mass is 378 g/mol. The Kier molecular flexibility index (Phi) is 4.69. The maximum atomic E-state index is 12.5. The third kappa shape index (κ3) is 3.59. The number of thiophene rings is 1. The predicted molar refractivity (Wildman–Crippen MR) is 106 cm³/mol. The van der Waals surface area contributed by atoms with E-state index in [4.69, 9.17) is 14.2 Å². The van der Waals surface area contributed by atoms with E-state index in [2.05, 4.69) is 0 Å². The van der Waals surface area contributed by atoms with Gasteiger partial charge in [-0.15, -0.1) is 11.3 Å². The van der Waals surface area contributed by atoms with Crippen molar-refractivity contribution in [3.8, 4) is 17.2 Å². The van der Waals surface area contributed by atoms with Gasteiger partial charge in [-0.25, -0.2) is 0 Å². The number of carbonyl (C=O) groups is 1. The fourth-order valence-electron chi connectivity index (χ4n) is 2.80. The number of ketones is 1. The smallest absolute Gasteiger partial charge is 0.232 e. The zero-order chi connectivity index (χ0) is 18.8. The van der Waals surface area contributed by atoms with Gasteiger partial charge in [0.05, 0.1) is 12.7 Å². The van der Waals surface area contributed by atoms with Gasteiger partial charge >= 0.3 is 0 Å². The lowest BCUT2D eigenvalue weighted by Crippen LogP contribution is -1.97. The molecule has 2 aromatic carbocycles. The van der Waals surface area contributed by atoms with Crippen molar-refractivity contribution in [3.63, 3.8) is 0 Å². The summed E-state index contributed by atoms with van der Waals surface area (Å²) in [5.41, 5.74) is 2.72. The second-order valence-corrected chi connectivity index (χ2v) is 7.15. The SMILES string of the molecule is COc1ccc(COc2ccc3c(c2)OC(=Cc2sccc2C)C3=O)cc1. The van der Waals surface area contributed by atoms with Crippen LogP contribution in [0.15, 0.2) is 59.7 Å². The van der Waals surface area contributed by atoms with Crippen molar-refractivity contribution in [2.75, 3.05) is 7.11 Å². The van der Waals surface area contributed by atoms with E-state index in [-0.39, 0.29) is 5.78 Å². The quantitative estimate of drug-likeness (QED) is 0.568. The molecule has 0 fully saturated rings. The third-order valence-corrected chi connectivity index (χ3v) is 5.34. The maximum absolute atomic E-state index is 12.5. The van der Waals surface area contributed by atoms with Crippen molar-refractivity contribution in [2.45, 2.75) is 13.5 Å². The second kappa shape index (κ2) is 7.29. The zero-order valence-electron chi connectivity index (χ0n) is 15.0. The van der Waals surface area contributed by atoms with Crippen molar-refractivity contribution in [3.05, 3.63) is 81.2 Å². The van der Waals surface area contributed by atoms with Gasteiger partial charge in [0.25, 0.3) is 0 Å². The predicted octanol–water partition coefficient (Wildman–Crippen LogP) is 5.26. The molecule has 136 valence electrons. The molecule has 0 unspecified atom stereocenters. The summed E-state index contributed by atoms with van der Waals surface area (Å²) in [7, 11) is 1.64. The number of benzene rings is 2. The first-order chi connectivity index (χ1) is 13.1. The average Bonchev–Trinajstić information content (AvgIpc) is 3.24. The van der Waals surface area contributed by atoms with Gasteiger partial charge in [0.1, 0.15) is 23.9 Å². The maximum Gasteiger partial charge on any atom is 0.232 e. The number of aryl methyl sites for hydroxylation is 1. The molecule has 1 aliphatic rings. The van der Waals surface area contributed by atoms with Crippen LogP contribution in [0.25, 0.3) is 6.08 Å². The van der Waals surface area contributed by atoms with Gasteiger partial charge < -0.3 is 14.2 Å². The molecule has 0 N–H and O–H groups in total. The minimum absolute atomic E-state index is 0.0977. The summed E-state index contributed by atoms with van der Waals surface area (Å²) in [4.78, 5) is 13.6. The molecule has 27 heavy (non-hydrogen) atoms. The Morgan fingerprint density at radius 1 is 1.07 bits per heavy atom. The first-order valence-electron chi connectivity index (χ1n) is 8.52. The van der Waals surface area contributed by atoms with Gasteiger partial charge in [0.2, 0.25) is 5.78 Å². The third-order valence-electron chi connectivity index (χ3n) is 4.37. The Morgan fingerprint density at radius 2 is 1.85 bits per heavy atom. The van der Waals surface area contributed by atoms with Gasteiger partial charge in [-0.05, 0) is 53.8 Å². The minimum atomic E-state index is -0.0977. The van der Waals surface area contributed by atoms with Crippen molar-refractivity contribution in [1.29, 1.82) is 0 Å². The topological polar surface area (TPSA) is 44.8 Å². The Bertz CT molecular complexity index is 1020. The first-order valence-corrected chi connectivity index (χ1v) is 9.40. The van der Waals surface area contributed by atoms with Crippen LogP contribution in [-0.4, -0.2) is 12.9 Å². The molecule has 0 atom stereocenters. The lowest BCUT2D eigenvalue weighted by Gasteiger charge is -2.08. The van der Waals surface area contributed by atoms with Crippen LogP contribution in [-0.2, 0) is 6.61 Å². The standard InChI is InChI=1S/C22H18O4S/c1-14-9-10-27-21(14)12-20-22(23)18-8-7-17(11-19(18)26-20)25-13-15-3-5-16(24-2)6-4-15/h3-12H,13H2,1-2H3. The molecular weight excluding hydrogens is 360 g/mol. The van der Waals surface area contributed by atoms with E-state index in [1.165, 1.54) is 0 Å². The highest BCUT2D eigenvalue weighted by molar-refractivity contribution is 7.11. The fourth-order valence-corrected chi connectivity index (χ4v) is 3.64. The summed E-state index contributed by atoms with van der Waals surface area (Å²) >= 11 is 1.59. The van der Waals surface area contributed by atoms with Crippen LogP contribution < -0.4 is 14.2 Å². The summed E-state index contributed by atoms with van der Waals surface area (Å²) in [5, 5.41) is 2.00. The van der Waals surface area contributed by atoms with Gasteiger partial charge in [-0.2, -0.15) is 0 Å². The zero-order valence-corrected chi connectivity index (χ0v) is 15.8. The van der Waals surface area contributed by atoms with Crippen molar-refractivity contribution in [2.24, 2.45) is 0 Å². The lowest BCUT2D eigenvalue weighted by atomic mass is 10.1. The van der Waals surface area contributed by atoms with Crippen LogP contribution in [0.3, 0.4) is 0 Å². The fraction of sp³-hybridized carbons (Fsp3) is 0.136. The number of methoxy groups -OCH3 is 1. The summed E-state index contributed by atoms with van der Waals surface area (Å²) in [5.74, 6) is 2.25. The molecule has 1 aliphatic heterocycles. The Morgan fingerprint density at radius 3 is 2.56 bits per heavy atom. The molecule has 0 saturated heterocycles. The summed E-state index contributed by atoms with van der Waals surface area (Å²) < 4.78 is 16.8. The highest BCUT2D eigenvalue weighted by Crippen LogP contribution is 2.35. The number of fused-ring (bicyclic) bond motifs is 1. The molecule has 0 spiro atoms. The van der Waals surface area contributed by atoms with E-state index in [1.807, 2.05) is 42.6 Å². The molecule has 0 radical (unpaired) electrons. The van der Waals surface area contributed by atoms with Crippen LogP contribution in [0.1, 0.15) is 26.4 Å². The van der Waals surface area contributed by atoms with Crippen molar-refractivity contribution < 1.29 is 19.0 Å². The van der Waals surface area contributed by atoms with Crippen molar-refractivity contribution in [1.82, 2.24) is 0 Å². The highest BCUT2D eigenvalue weighted by Gasteiger charge is 2.28. The largest absolute Gasteiger partial charge is 0.497 e. The molecule has 0 amide bonds. The molecule has 2 heterocycles. The van der Waals surface area contributed by atoms with Crippen LogP contribution in [0.5, 0.6) is 17.2 Å². The van der Waals surface area contributed by atoms with Gasteiger partial charge in [0, 0.05) is 17.0 Å². The summed E-state index contributed by atoms with van der Waals surface area (Å²) in [6.07, 6.45) is 1.81. The molecule has 3 aromatic rings. The first kappa shape index (κ1) is 17.4. The number of hydrogen-bond donors (Lipinski definition) is 0. The number of hydrogen-bond acceptors (Lipinski definition) is 5. The van der Waals surface area contributed by atoms with E-state index in [1.54, 1.807) is 42.7 Å². The molecule has 5 heteroatoms. The molecule has 1 aromatic heterocycles. The molecule has 0 aliphatic carbocycles. The normalized spacial score (nSPS) is 14.1. The van der Waals surface area contributed by atoms with Crippen LogP contribution >= 0.6 is 11.3 Å². The van der Waals surface area contributed by atoms with E-state index in [9.17, 15) is 4.79 Å². The number of carbonyl (C=O) groups excluding carboxylic acids is 1. The molecule has 0 bridgehead atoms. The average molecular weight is 378 g/mol. The molecular formula is C22H18O4S. The second-order valence-electron chi connectivity index (χ2n) is 6.20. The van der Waals surface area contributed by atoms with Crippen LogP contribution in [0, 0.1) is 6.92 Å². The van der Waals surface area contributed by atoms with E-state index in [0.717, 1.165) is 21.8 Å². The van der Waals surface area contributed by atoms with Crippen LogP contribution in [0.4, 0.5) is 0 Å². The minimum Gasteiger partial charge on any atom is -0.497 e. The number of Topliss-reactive ketones (excluding diaryl/α,β-unsaturated/α-hetero) is 1. The molecule has 4 nitrogen and oxygen atoms in total. The number of allylic oxidation sites excluding steroid dienone is 1. The Balaban J connectivity index is 1.49. The number of ether oxygens (including phenoxy) is 3. The summed E-state index contributed by atoms with van der Waals surface area (Å²) in [6.45, 7) is 2.44. The summed E-state index contributed by atoms with van der Waals surface area (Å²) in [6, 6.07) is 15.0. The van der Waals surface area contributed by atoms with E-state index < -0.39 is 0 Å². The Labute approximate surface area is 161 Å². The van der Waals surface area contributed by atoms with E-state index >= 15 is 0 Å². The van der Waals surface area contributed by atoms with E-state index in [0.29, 0.717) is 29.4 Å². The number of rotatable bonds is 5.